The van der Waals surface area contributed by atoms with E-state index in [0.717, 1.165) is 0 Å². The average Bonchev–Trinajstić information content (AvgIpc) is 2.51. The molecule has 5 nitrogen and oxygen atoms in total. The van der Waals surface area contributed by atoms with Gasteiger partial charge in [-0.2, -0.15) is 0 Å². The molecule has 0 heterocycles. The van der Waals surface area contributed by atoms with Crippen molar-refractivity contribution in [3.8, 4) is 0 Å². The summed E-state index contributed by atoms with van der Waals surface area (Å²) in [6.45, 7) is 1.75. The Hall–Kier alpha value is -2.11. The third kappa shape index (κ3) is 3.96. The first kappa shape index (κ1) is 16.3. The predicted molar refractivity (Wildman–Crippen MR) is 86.7 cm³/mol. The van der Waals surface area contributed by atoms with Gasteiger partial charge in [0.25, 0.3) is 5.69 Å². The lowest BCUT2D eigenvalue weighted by atomic mass is 10.1. The topological polar surface area (TPSA) is 64.7 Å². The van der Waals surface area contributed by atoms with Gasteiger partial charge in [0.05, 0.1) is 21.2 Å². The summed E-state index contributed by atoms with van der Waals surface area (Å²) >= 11 is 11.9. The molecule has 0 aliphatic carbocycles. The summed E-state index contributed by atoms with van der Waals surface area (Å²) in [5.41, 5.74) is 1.29. The summed E-state index contributed by atoms with van der Waals surface area (Å²) < 4.78 is 0. The van der Waals surface area contributed by atoms with Gasteiger partial charge in [0.1, 0.15) is 6.10 Å². The zero-order valence-corrected chi connectivity index (χ0v) is 13.1. The van der Waals surface area contributed by atoms with Crippen LogP contribution in [0.3, 0.4) is 0 Å². The minimum atomic E-state index is -0.453. The highest BCUT2D eigenvalue weighted by Gasteiger charge is 2.11. The molecule has 22 heavy (non-hydrogen) atoms. The molecule has 0 saturated heterocycles. The monoisotopic (exact) mass is 338 g/mol. The van der Waals surface area contributed by atoms with Gasteiger partial charge >= 0.3 is 0 Å². The van der Waals surface area contributed by atoms with Crippen molar-refractivity contribution in [2.24, 2.45) is 5.16 Å². The van der Waals surface area contributed by atoms with Crippen molar-refractivity contribution in [2.75, 3.05) is 0 Å². The molecule has 0 saturated carbocycles. The molecule has 0 N–H and O–H groups in total. The number of benzene rings is 2. The molecule has 2 aromatic carbocycles. The zero-order chi connectivity index (χ0) is 16.1. The number of hydrogen-bond acceptors (Lipinski definition) is 4. The van der Waals surface area contributed by atoms with Crippen molar-refractivity contribution in [1.29, 1.82) is 0 Å². The van der Waals surface area contributed by atoms with Gasteiger partial charge in [0.15, 0.2) is 0 Å². The molecule has 0 unspecified atom stereocenters. The van der Waals surface area contributed by atoms with Gasteiger partial charge in [0.2, 0.25) is 0 Å². The van der Waals surface area contributed by atoms with Crippen LogP contribution in [0, 0.1) is 10.1 Å². The first-order valence-electron chi connectivity index (χ1n) is 6.36. The van der Waals surface area contributed by atoms with Gasteiger partial charge in [-0.15, -0.1) is 0 Å². The Morgan fingerprint density at radius 2 is 2.00 bits per heavy atom. The lowest BCUT2D eigenvalue weighted by Crippen LogP contribution is -1.97. The lowest BCUT2D eigenvalue weighted by Gasteiger charge is -2.09. The highest BCUT2D eigenvalue weighted by Crippen LogP contribution is 2.25. The molecule has 0 fully saturated rings. The molecule has 0 aromatic heterocycles. The number of nitro benzene ring substituents is 1. The van der Waals surface area contributed by atoms with Crippen molar-refractivity contribution in [1.82, 2.24) is 0 Å². The van der Waals surface area contributed by atoms with Crippen molar-refractivity contribution < 1.29 is 9.76 Å². The molecule has 0 spiro atoms. The normalized spacial score (nSPS) is 12.3. The Morgan fingerprint density at radius 3 is 2.73 bits per heavy atom. The van der Waals surface area contributed by atoms with Crippen molar-refractivity contribution in [3.63, 3.8) is 0 Å². The second-order valence-electron chi connectivity index (χ2n) is 4.48. The van der Waals surface area contributed by atoms with Crippen LogP contribution in [0.5, 0.6) is 0 Å². The minimum Gasteiger partial charge on any atom is -0.388 e. The second-order valence-corrected chi connectivity index (χ2v) is 5.26. The van der Waals surface area contributed by atoms with E-state index < -0.39 is 11.0 Å². The number of nitrogens with zero attached hydrogens (tertiary/aromatic N) is 2. The quantitative estimate of drug-likeness (QED) is 0.437. The smallest absolute Gasteiger partial charge is 0.269 e. The average molecular weight is 339 g/mol. The molecule has 2 rings (SSSR count). The molecule has 114 valence electrons. The largest absolute Gasteiger partial charge is 0.388 e. The number of hydrogen-bond donors (Lipinski definition) is 0. The van der Waals surface area contributed by atoms with E-state index in [0.29, 0.717) is 21.2 Å². The second kappa shape index (κ2) is 7.24. The van der Waals surface area contributed by atoms with Gasteiger partial charge in [-0.05, 0) is 13.0 Å². The van der Waals surface area contributed by atoms with Gasteiger partial charge in [-0.1, -0.05) is 52.6 Å². The first-order valence-corrected chi connectivity index (χ1v) is 7.12. The Kier molecular flexibility index (Phi) is 5.35. The Morgan fingerprint density at radius 1 is 1.27 bits per heavy atom. The van der Waals surface area contributed by atoms with Crippen LogP contribution in [-0.4, -0.2) is 11.1 Å². The van der Waals surface area contributed by atoms with Crippen LogP contribution in [0.4, 0.5) is 5.69 Å². The highest BCUT2D eigenvalue weighted by molar-refractivity contribution is 6.43. The maximum Gasteiger partial charge on any atom is 0.269 e. The van der Waals surface area contributed by atoms with Gasteiger partial charge in [-0.25, -0.2) is 0 Å². The van der Waals surface area contributed by atoms with Crippen LogP contribution in [0.15, 0.2) is 47.6 Å². The van der Waals surface area contributed by atoms with Crippen LogP contribution in [0.25, 0.3) is 0 Å². The molecule has 2 aromatic rings. The van der Waals surface area contributed by atoms with Gasteiger partial charge in [0, 0.05) is 23.3 Å². The van der Waals surface area contributed by atoms with Crippen molar-refractivity contribution in [3.05, 3.63) is 73.8 Å². The van der Waals surface area contributed by atoms with Gasteiger partial charge in [-0.3, -0.25) is 10.1 Å². The summed E-state index contributed by atoms with van der Waals surface area (Å²) in [5, 5.41) is 15.4. The molecular formula is C15H12Cl2N2O3. The summed E-state index contributed by atoms with van der Waals surface area (Å²) in [7, 11) is 0. The van der Waals surface area contributed by atoms with Gasteiger partial charge < -0.3 is 4.84 Å². The van der Waals surface area contributed by atoms with Crippen LogP contribution in [0.1, 0.15) is 24.2 Å². The first-order chi connectivity index (χ1) is 10.5. The SMILES string of the molecule is C[C@@H](O/N=C\c1cccc(Cl)c1Cl)c1cccc([N+](=O)[O-])c1. The molecule has 0 amide bonds. The molecular weight excluding hydrogens is 327 g/mol. The predicted octanol–water partition coefficient (Wildman–Crippen LogP) is 5.01. The maximum atomic E-state index is 10.8. The van der Waals surface area contributed by atoms with Crippen molar-refractivity contribution in [2.45, 2.75) is 13.0 Å². The van der Waals surface area contributed by atoms with Crippen molar-refractivity contribution >= 4 is 35.1 Å². The summed E-state index contributed by atoms with van der Waals surface area (Å²) in [4.78, 5) is 15.6. The maximum absolute atomic E-state index is 10.8. The van der Waals surface area contributed by atoms with Crippen LogP contribution < -0.4 is 0 Å². The molecule has 7 heteroatoms. The Bertz CT molecular complexity index is 720. The molecule has 0 aliphatic heterocycles. The number of non-ortho nitro benzene ring substituents is 1. The fourth-order valence-corrected chi connectivity index (χ4v) is 2.11. The summed E-state index contributed by atoms with van der Waals surface area (Å²) in [5.74, 6) is 0. The third-order valence-corrected chi connectivity index (χ3v) is 3.78. The van der Waals surface area contributed by atoms with Crippen LogP contribution in [0.2, 0.25) is 10.0 Å². The van der Waals surface area contributed by atoms with E-state index in [9.17, 15) is 10.1 Å². The van der Waals surface area contributed by atoms with E-state index >= 15 is 0 Å². The highest BCUT2D eigenvalue weighted by atomic mass is 35.5. The van der Waals surface area contributed by atoms with Crippen LogP contribution in [-0.2, 0) is 4.84 Å². The van der Waals surface area contributed by atoms with E-state index in [4.69, 9.17) is 28.0 Å². The minimum absolute atomic E-state index is 0.00909. The fourth-order valence-electron chi connectivity index (χ4n) is 1.75. The summed E-state index contributed by atoms with van der Waals surface area (Å²) in [6, 6.07) is 11.4. The van der Waals surface area contributed by atoms with E-state index in [1.54, 1.807) is 37.3 Å². The molecule has 0 radical (unpaired) electrons. The zero-order valence-electron chi connectivity index (χ0n) is 11.6. The van der Waals surface area contributed by atoms with E-state index in [1.807, 2.05) is 0 Å². The Labute approximate surface area is 137 Å². The van der Waals surface area contributed by atoms with E-state index in [2.05, 4.69) is 5.16 Å². The number of halogens is 2. The van der Waals surface area contributed by atoms with E-state index in [1.165, 1.54) is 18.3 Å². The van der Waals surface area contributed by atoms with E-state index in [-0.39, 0.29) is 5.69 Å². The summed E-state index contributed by atoms with van der Waals surface area (Å²) in [6.07, 6.45) is 1.01. The molecule has 0 aliphatic rings. The fraction of sp³-hybridized carbons (Fsp3) is 0.133. The molecule has 0 bridgehead atoms. The number of rotatable bonds is 5. The standard InChI is InChI=1S/C15H12Cl2N2O3/c1-10(11-4-2-6-13(8-11)19(20)21)22-18-9-12-5-3-7-14(16)15(12)17/h2-10H,1H3/b18-9-/t10-/m1/s1. The number of nitro groups is 1. The lowest BCUT2D eigenvalue weighted by molar-refractivity contribution is -0.385. The molecule has 1 atom stereocenters. The third-order valence-electron chi connectivity index (χ3n) is 2.94. The Balaban J connectivity index is 2.08. The number of oxime groups is 1. The van der Waals surface area contributed by atoms with Crippen LogP contribution >= 0.6 is 23.2 Å².